The molecular formula is C16H24N4O. The summed E-state index contributed by atoms with van der Waals surface area (Å²) in [6, 6.07) is 8.16. The van der Waals surface area contributed by atoms with Crippen LogP contribution in [0.25, 0.3) is 11.0 Å². The summed E-state index contributed by atoms with van der Waals surface area (Å²) in [5.74, 6) is 1.01. The van der Waals surface area contributed by atoms with Crippen LogP contribution in [0.4, 0.5) is 0 Å². The molecule has 2 N–H and O–H groups in total. The monoisotopic (exact) mass is 288 g/mol. The lowest BCUT2D eigenvalue weighted by Crippen LogP contribution is -2.42. The summed E-state index contributed by atoms with van der Waals surface area (Å²) in [4.78, 5) is 16.5. The molecule has 5 heteroatoms. The molecule has 5 nitrogen and oxygen atoms in total. The lowest BCUT2D eigenvalue weighted by molar-refractivity contribution is -0.128. The molecule has 1 heterocycles. The number of aryl methyl sites for hydroxylation is 1. The largest absolute Gasteiger partial charge is 0.359 e. The topological polar surface area (TPSA) is 59.0 Å². The Labute approximate surface area is 125 Å². The summed E-state index contributed by atoms with van der Waals surface area (Å²) < 4.78 is 2.10. The van der Waals surface area contributed by atoms with Gasteiger partial charge in [-0.15, -0.1) is 0 Å². The fraction of sp³-hybridized carbons (Fsp3) is 0.500. The first-order valence-electron chi connectivity index (χ1n) is 7.23. The molecule has 0 saturated heterocycles. The van der Waals surface area contributed by atoms with Crippen LogP contribution in [0.2, 0.25) is 0 Å². The van der Waals surface area contributed by atoms with Crippen LogP contribution in [0.3, 0.4) is 0 Å². The van der Waals surface area contributed by atoms with E-state index in [0.717, 1.165) is 16.9 Å². The molecule has 0 bridgehead atoms. The van der Waals surface area contributed by atoms with Crippen molar-refractivity contribution < 1.29 is 4.79 Å². The van der Waals surface area contributed by atoms with E-state index in [-0.39, 0.29) is 11.9 Å². The molecule has 1 unspecified atom stereocenters. The molecule has 2 aromatic rings. The number of para-hydroxylation sites is 2. The van der Waals surface area contributed by atoms with E-state index in [1.54, 1.807) is 7.05 Å². The summed E-state index contributed by atoms with van der Waals surface area (Å²) in [6.07, 6.45) is 0. The van der Waals surface area contributed by atoms with Crippen molar-refractivity contribution in [3.63, 3.8) is 0 Å². The molecule has 1 aromatic heterocycles. The highest BCUT2D eigenvalue weighted by molar-refractivity contribution is 5.81. The Morgan fingerprint density at radius 1 is 1.38 bits per heavy atom. The van der Waals surface area contributed by atoms with Gasteiger partial charge >= 0.3 is 0 Å². The van der Waals surface area contributed by atoms with E-state index in [1.807, 2.05) is 39.1 Å². The van der Waals surface area contributed by atoms with Crippen molar-refractivity contribution in [3.05, 3.63) is 30.1 Å². The average molecular weight is 288 g/mol. The van der Waals surface area contributed by atoms with Gasteiger partial charge in [0.05, 0.1) is 22.5 Å². The minimum absolute atomic E-state index is 0.0344. The lowest BCUT2D eigenvalue weighted by Gasteiger charge is -2.25. The molecule has 114 valence electrons. The number of hydrogen-bond donors (Lipinski definition) is 2. The molecule has 0 fully saturated rings. The van der Waals surface area contributed by atoms with Gasteiger partial charge in [0.2, 0.25) is 5.91 Å². The third-order valence-corrected chi connectivity index (χ3v) is 3.90. The number of hydrogen-bond acceptors (Lipinski definition) is 3. The highest BCUT2D eigenvalue weighted by Gasteiger charge is 2.27. The maximum absolute atomic E-state index is 11.8. The van der Waals surface area contributed by atoms with Gasteiger partial charge in [-0.2, -0.15) is 0 Å². The number of aromatic nitrogens is 2. The Morgan fingerprint density at radius 3 is 2.67 bits per heavy atom. The highest BCUT2D eigenvalue weighted by Crippen LogP contribution is 2.21. The van der Waals surface area contributed by atoms with Crippen molar-refractivity contribution in [1.82, 2.24) is 20.2 Å². The second-order valence-electron chi connectivity index (χ2n) is 6.08. The number of nitrogens with one attached hydrogen (secondary N) is 2. The van der Waals surface area contributed by atoms with Crippen LogP contribution in [0, 0.1) is 5.41 Å². The molecule has 0 aliphatic rings. The average Bonchev–Trinajstić information content (AvgIpc) is 2.81. The van der Waals surface area contributed by atoms with E-state index in [9.17, 15) is 4.79 Å². The number of carbonyl (C=O) groups is 1. The van der Waals surface area contributed by atoms with Crippen molar-refractivity contribution in [2.75, 3.05) is 13.6 Å². The van der Waals surface area contributed by atoms with Crippen LogP contribution < -0.4 is 10.6 Å². The zero-order chi connectivity index (χ0) is 15.6. The second kappa shape index (κ2) is 5.85. The van der Waals surface area contributed by atoms with E-state index in [1.165, 1.54) is 0 Å². The zero-order valence-corrected chi connectivity index (χ0v) is 13.4. The summed E-state index contributed by atoms with van der Waals surface area (Å²) in [5, 5.41) is 6.11. The van der Waals surface area contributed by atoms with Crippen LogP contribution in [-0.2, 0) is 11.8 Å². The fourth-order valence-electron chi connectivity index (χ4n) is 2.47. The van der Waals surface area contributed by atoms with Crippen LogP contribution in [0.1, 0.15) is 32.6 Å². The predicted octanol–water partition coefficient (Wildman–Crippen LogP) is 2.00. The van der Waals surface area contributed by atoms with Crippen LogP contribution >= 0.6 is 0 Å². The van der Waals surface area contributed by atoms with E-state index in [4.69, 9.17) is 0 Å². The van der Waals surface area contributed by atoms with Gasteiger partial charge < -0.3 is 15.2 Å². The Morgan fingerprint density at radius 2 is 2.05 bits per heavy atom. The Kier molecular flexibility index (Phi) is 4.32. The summed E-state index contributed by atoms with van der Waals surface area (Å²) in [7, 11) is 3.69. The maximum atomic E-state index is 11.8. The van der Waals surface area contributed by atoms with Gasteiger partial charge in [0.25, 0.3) is 0 Å². The fourth-order valence-corrected chi connectivity index (χ4v) is 2.47. The van der Waals surface area contributed by atoms with E-state index >= 15 is 0 Å². The number of benzene rings is 1. The van der Waals surface area contributed by atoms with Crippen molar-refractivity contribution in [2.24, 2.45) is 12.5 Å². The highest BCUT2D eigenvalue weighted by atomic mass is 16.2. The number of rotatable bonds is 5. The normalized spacial score (nSPS) is 13.4. The van der Waals surface area contributed by atoms with Gasteiger partial charge in [-0.05, 0) is 32.9 Å². The van der Waals surface area contributed by atoms with Gasteiger partial charge in [0, 0.05) is 20.6 Å². The third-order valence-electron chi connectivity index (χ3n) is 3.90. The molecular weight excluding hydrogens is 264 g/mol. The number of nitrogens with zero attached hydrogens (tertiary/aromatic N) is 2. The molecule has 0 spiro atoms. The molecule has 2 rings (SSSR count). The molecule has 1 aromatic carbocycles. The number of imidazole rings is 1. The SMILES string of the molecule is CNC(=O)C(C)(C)CNC(C)c1nc2ccccc2n1C. The van der Waals surface area contributed by atoms with Crippen molar-refractivity contribution in [2.45, 2.75) is 26.8 Å². The Hall–Kier alpha value is -1.88. The first kappa shape index (κ1) is 15.5. The Balaban J connectivity index is 2.14. The summed E-state index contributed by atoms with van der Waals surface area (Å²) >= 11 is 0. The maximum Gasteiger partial charge on any atom is 0.226 e. The quantitative estimate of drug-likeness (QED) is 0.884. The smallest absolute Gasteiger partial charge is 0.226 e. The molecule has 0 radical (unpaired) electrons. The summed E-state index contributed by atoms with van der Waals surface area (Å²) in [6.45, 7) is 6.53. The van der Waals surface area contributed by atoms with Gasteiger partial charge in [0.1, 0.15) is 5.82 Å². The minimum atomic E-state index is -0.451. The third kappa shape index (κ3) is 3.08. The second-order valence-corrected chi connectivity index (χ2v) is 6.08. The standard InChI is InChI=1S/C16H24N4O/c1-11(18-10-16(2,3)15(21)17-4)14-19-12-8-6-7-9-13(12)20(14)5/h6-9,11,18H,10H2,1-5H3,(H,17,21). The summed E-state index contributed by atoms with van der Waals surface area (Å²) in [5.41, 5.74) is 1.66. The van der Waals surface area contributed by atoms with E-state index in [2.05, 4.69) is 33.2 Å². The van der Waals surface area contributed by atoms with E-state index in [0.29, 0.717) is 6.54 Å². The van der Waals surface area contributed by atoms with Gasteiger partial charge in [-0.25, -0.2) is 4.98 Å². The first-order chi connectivity index (χ1) is 9.86. The predicted molar refractivity (Wildman–Crippen MR) is 85.0 cm³/mol. The first-order valence-corrected chi connectivity index (χ1v) is 7.23. The number of carbonyl (C=O) groups excluding carboxylic acids is 1. The van der Waals surface area contributed by atoms with Crippen LogP contribution in [-0.4, -0.2) is 29.1 Å². The van der Waals surface area contributed by atoms with Gasteiger partial charge in [-0.1, -0.05) is 12.1 Å². The molecule has 1 amide bonds. The Bertz CT molecular complexity index is 645. The lowest BCUT2D eigenvalue weighted by atomic mass is 9.92. The number of fused-ring (bicyclic) bond motifs is 1. The molecule has 0 aliphatic carbocycles. The van der Waals surface area contributed by atoms with Gasteiger partial charge in [0.15, 0.2) is 0 Å². The molecule has 1 atom stereocenters. The van der Waals surface area contributed by atoms with Gasteiger partial charge in [-0.3, -0.25) is 4.79 Å². The van der Waals surface area contributed by atoms with Crippen LogP contribution in [0.5, 0.6) is 0 Å². The van der Waals surface area contributed by atoms with Crippen molar-refractivity contribution in [1.29, 1.82) is 0 Å². The zero-order valence-electron chi connectivity index (χ0n) is 13.4. The van der Waals surface area contributed by atoms with Crippen molar-refractivity contribution >= 4 is 16.9 Å². The number of amides is 1. The molecule has 0 aliphatic heterocycles. The van der Waals surface area contributed by atoms with E-state index < -0.39 is 5.41 Å². The minimum Gasteiger partial charge on any atom is -0.359 e. The van der Waals surface area contributed by atoms with Crippen molar-refractivity contribution in [3.8, 4) is 0 Å². The molecule has 21 heavy (non-hydrogen) atoms. The van der Waals surface area contributed by atoms with Crippen LogP contribution in [0.15, 0.2) is 24.3 Å². The molecule has 0 saturated carbocycles.